The maximum Gasteiger partial charge on any atom is 0.307 e. The van der Waals surface area contributed by atoms with Crippen LogP contribution in [0.2, 0.25) is 0 Å². The topological polar surface area (TPSA) is 55.2 Å². The third-order valence-electron chi connectivity index (χ3n) is 2.52. The average molecular weight is 260 g/mol. The summed E-state index contributed by atoms with van der Waals surface area (Å²) in [6, 6.07) is 1.54. The normalized spacial score (nSPS) is 19.3. The maximum absolute atomic E-state index is 13.4. The number of hydrogen-bond donors (Lipinski definition) is 1. The van der Waals surface area contributed by atoms with Crippen molar-refractivity contribution in [3.05, 3.63) is 33.9 Å². The minimum Gasteiger partial charge on any atom is -0.379 e. The molecule has 92 valence electrons. The van der Waals surface area contributed by atoms with Gasteiger partial charge >= 0.3 is 5.69 Å². The summed E-state index contributed by atoms with van der Waals surface area (Å²) >= 11 is 1.73. The third-order valence-corrected chi connectivity index (χ3v) is 3.68. The van der Waals surface area contributed by atoms with Gasteiger partial charge in [-0.05, 0) is 12.2 Å². The van der Waals surface area contributed by atoms with Gasteiger partial charge in [0.25, 0.3) is 0 Å². The molecule has 2 rings (SSSR count). The summed E-state index contributed by atoms with van der Waals surface area (Å²) in [6.07, 6.45) is 0.870. The van der Waals surface area contributed by atoms with E-state index < -0.39 is 22.2 Å². The molecule has 1 unspecified atom stereocenters. The maximum atomic E-state index is 13.4. The summed E-state index contributed by atoms with van der Waals surface area (Å²) < 4.78 is 26.5. The molecular weight excluding hydrogens is 250 g/mol. The van der Waals surface area contributed by atoms with E-state index in [1.165, 1.54) is 0 Å². The van der Waals surface area contributed by atoms with Crippen molar-refractivity contribution in [2.24, 2.45) is 0 Å². The van der Waals surface area contributed by atoms with Crippen LogP contribution in [0.4, 0.5) is 20.2 Å². The van der Waals surface area contributed by atoms with Crippen molar-refractivity contribution in [2.45, 2.75) is 12.5 Å². The molecule has 7 heteroatoms. The Morgan fingerprint density at radius 1 is 1.41 bits per heavy atom. The van der Waals surface area contributed by atoms with Gasteiger partial charge in [-0.1, -0.05) is 0 Å². The second-order valence-electron chi connectivity index (χ2n) is 3.75. The molecule has 4 nitrogen and oxygen atoms in total. The predicted octanol–water partition coefficient (Wildman–Crippen LogP) is 2.79. The fourth-order valence-corrected chi connectivity index (χ4v) is 2.81. The van der Waals surface area contributed by atoms with E-state index in [4.69, 9.17) is 0 Å². The second-order valence-corrected chi connectivity index (χ2v) is 4.90. The molecule has 17 heavy (non-hydrogen) atoms. The number of benzene rings is 1. The van der Waals surface area contributed by atoms with E-state index in [2.05, 4.69) is 5.32 Å². The molecule has 0 bridgehead atoms. The number of nitro groups is 1. The Morgan fingerprint density at radius 2 is 2.18 bits per heavy atom. The number of nitrogens with one attached hydrogen (secondary N) is 1. The lowest BCUT2D eigenvalue weighted by atomic mass is 10.2. The highest BCUT2D eigenvalue weighted by Crippen LogP contribution is 2.28. The average Bonchev–Trinajstić information content (AvgIpc) is 2.74. The summed E-state index contributed by atoms with van der Waals surface area (Å²) in [5, 5.41) is 13.4. The summed E-state index contributed by atoms with van der Waals surface area (Å²) in [7, 11) is 0. The minimum absolute atomic E-state index is 0.00870. The number of anilines is 1. The number of nitro benzene ring substituents is 1. The molecule has 1 aromatic rings. The first-order valence-electron chi connectivity index (χ1n) is 5.05. The molecule has 0 aromatic heterocycles. The van der Waals surface area contributed by atoms with Gasteiger partial charge in [-0.2, -0.15) is 16.2 Å². The van der Waals surface area contributed by atoms with Crippen molar-refractivity contribution < 1.29 is 13.7 Å². The van der Waals surface area contributed by atoms with Crippen LogP contribution in [-0.2, 0) is 0 Å². The lowest BCUT2D eigenvalue weighted by Crippen LogP contribution is -2.19. The van der Waals surface area contributed by atoms with Crippen molar-refractivity contribution in [2.75, 3.05) is 16.8 Å². The van der Waals surface area contributed by atoms with Crippen LogP contribution in [0.5, 0.6) is 0 Å². The lowest BCUT2D eigenvalue weighted by molar-refractivity contribution is -0.387. The van der Waals surface area contributed by atoms with E-state index in [0.717, 1.165) is 24.0 Å². The predicted molar refractivity (Wildman–Crippen MR) is 62.4 cm³/mol. The van der Waals surface area contributed by atoms with Crippen molar-refractivity contribution in [1.82, 2.24) is 0 Å². The van der Waals surface area contributed by atoms with Crippen LogP contribution in [0.1, 0.15) is 6.42 Å². The number of halogens is 2. The summed E-state index contributed by atoms with van der Waals surface area (Å²) in [5.41, 5.74) is -0.717. The molecule has 1 aliphatic rings. The van der Waals surface area contributed by atoms with Gasteiger partial charge in [-0.15, -0.1) is 0 Å². The fourth-order valence-electron chi connectivity index (χ4n) is 1.66. The van der Waals surface area contributed by atoms with Crippen molar-refractivity contribution in [3.8, 4) is 0 Å². The largest absolute Gasteiger partial charge is 0.379 e. The molecular formula is C10H10F2N2O2S. The lowest BCUT2D eigenvalue weighted by Gasteiger charge is -2.13. The van der Waals surface area contributed by atoms with Crippen LogP contribution in [0.25, 0.3) is 0 Å². The number of rotatable bonds is 3. The molecule has 0 saturated carbocycles. The van der Waals surface area contributed by atoms with Crippen LogP contribution < -0.4 is 5.32 Å². The monoisotopic (exact) mass is 260 g/mol. The van der Waals surface area contributed by atoms with E-state index in [1.54, 1.807) is 11.8 Å². The first-order valence-corrected chi connectivity index (χ1v) is 6.21. The molecule has 1 saturated heterocycles. The van der Waals surface area contributed by atoms with E-state index in [-0.39, 0.29) is 11.7 Å². The van der Waals surface area contributed by atoms with E-state index in [9.17, 15) is 18.9 Å². The smallest absolute Gasteiger partial charge is 0.307 e. The Labute approximate surface area is 101 Å². The Hall–Kier alpha value is -1.37. The standard InChI is InChI=1S/C10H10F2N2O2S/c11-7-3-8(12)10(14(15)16)4-9(7)13-6-1-2-17-5-6/h3-4,6,13H,1-2,5H2. The quantitative estimate of drug-likeness (QED) is 0.670. The Morgan fingerprint density at radius 3 is 2.76 bits per heavy atom. The van der Waals surface area contributed by atoms with Gasteiger partial charge in [-0.25, -0.2) is 4.39 Å². The van der Waals surface area contributed by atoms with Crippen LogP contribution in [0.15, 0.2) is 12.1 Å². The second kappa shape index (κ2) is 4.87. The Bertz CT molecular complexity index is 450. The van der Waals surface area contributed by atoms with Crippen LogP contribution in [0, 0.1) is 21.7 Å². The SMILES string of the molecule is O=[N+]([O-])c1cc(NC2CCSC2)c(F)cc1F. The minimum atomic E-state index is -1.15. The third kappa shape index (κ3) is 2.66. The van der Waals surface area contributed by atoms with Crippen molar-refractivity contribution in [1.29, 1.82) is 0 Å². The molecule has 1 fully saturated rings. The summed E-state index contributed by atoms with van der Waals surface area (Å²) in [4.78, 5) is 9.68. The van der Waals surface area contributed by atoms with Gasteiger partial charge in [0.05, 0.1) is 10.6 Å². The highest BCUT2D eigenvalue weighted by molar-refractivity contribution is 7.99. The van der Waals surface area contributed by atoms with Gasteiger partial charge in [0, 0.05) is 23.9 Å². The molecule has 1 heterocycles. The van der Waals surface area contributed by atoms with Gasteiger partial charge in [0.2, 0.25) is 5.82 Å². The van der Waals surface area contributed by atoms with Crippen LogP contribution in [0.3, 0.4) is 0 Å². The number of thioether (sulfide) groups is 1. The summed E-state index contributed by atoms with van der Waals surface area (Å²) in [6.45, 7) is 0. The first kappa shape index (κ1) is 12.1. The highest BCUT2D eigenvalue weighted by Gasteiger charge is 2.21. The Balaban J connectivity index is 2.26. The van der Waals surface area contributed by atoms with Gasteiger partial charge in [0.15, 0.2) is 0 Å². The van der Waals surface area contributed by atoms with Gasteiger partial charge in [0.1, 0.15) is 5.82 Å². The Kier molecular flexibility index (Phi) is 3.46. The molecule has 0 amide bonds. The zero-order valence-electron chi connectivity index (χ0n) is 8.78. The van der Waals surface area contributed by atoms with Crippen LogP contribution >= 0.6 is 11.8 Å². The molecule has 1 aromatic carbocycles. The zero-order valence-corrected chi connectivity index (χ0v) is 9.60. The number of hydrogen-bond acceptors (Lipinski definition) is 4. The first-order chi connectivity index (χ1) is 8.08. The van der Waals surface area contributed by atoms with Crippen molar-refractivity contribution in [3.63, 3.8) is 0 Å². The van der Waals surface area contributed by atoms with Gasteiger partial charge < -0.3 is 5.32 Å². The van der Waals surface area contributed by atoms with Gasteiger partial charge in [-0.3, -0.25) is 10.1 Å². The van der Waals surface area contributed by atoms with Crippen molar-refractivity contribution >= 4 is 23.1 Å². The molecule has 0 aliphatic carbocycles. The number of nitrogens with zero attached hydrogens (tertiary/aromatic N) is 1. The zero-order chi connectivity index (χ0) is 12.4. The summed E-state index contributed by atoms with van der Waals surface area (Å²) in [5.74, 6) is -0.156. The van der Waals surface area contributed by atoms with E-state index in [0.29, 0.717) is 6.07 Å². The highest BCUT2D eigenvalue weighted by atomic mass is 32.2. The molecule has 1 atom stereocenters. The molecule has 0 radical (unpaired) electrons. The van der Waals surface area contributed by atoms with E-state index >= 15 is 0 Å². The molecule has 1 N–H and O–H groups in total. The fraction of sp³-hybridized carbons (Fsp3) is 0.400. The molecule has 0 spiro atoms. The van der Waals surface area contributed by atoms with Crippen LogP contribution in [-0.4, -0.2) is 22.5 Å². The van der Waals surface area contributed by atoms with E-state index in [1.807, 2.05) is 0 Å². The molecule has 1 aliphatic heterocycles.